The first-order valence-corrected chi connectivity index (χ1v) is 7.35. The molecule has 1 aromatic heterocycles. The summed E-state index contributed by atoms with van der Waals surface area (Å²) in [5, 5.41) is 12.9. The summed E-state index contributed by atoms with van der Waals surface area (Å²) < 4.78 is 18.4. The lowest BCUT2D eigenvalue weighted by atomic mass is 10.1. The lowest BCUT2D eigenvalue weighted by Gasteiger charge is -1.99. The van der Waals surface area contributed by atoms with Gasteiger partial charge in [-0.15, -0.1) is 0 Å². The average molecular weight is 333 g/mol. The van der Waals surface area contributed by atoms with E-state index in [1.807, 2.05) is 6.07 Å². The van der Waals surface area contributed by atoms with E-state index in [-0.39, 0.29) is 0 Å². The van der Waals surface area contributed by atoms with Gasteiger partial charge in [0.2, 0.25) is 0 Å². The number of nitrogens with one attached hydrogen (secondary N) is 1. The van der Waals surface area contributed by atoms with Crippen molar-refractivity contribution >= 4 is 12.1 Å². The second-order valence-corrected chi connectivity index (χ2v) is 5.07. The zero-order valence-electron chi connectivity index (χ0n) is 12.9. The molecule has 0 aliphatic carbocycles. The third-order valence-electron chi connectivity index (χ3n) is 3.40. The van der Waals surface area contributed by atoms with Crippen molar-refractivity contribution in [2.75, 3.05) is 0 Å². The number of halogens is 1. The molecule has 0 unspecified atom stereocenters. The number of benzene rings is 2. The number of hydrazone groups is 1. The van der Waals surface area contributed by atoms with Crippen LogP contribution in [0.3, 0.4) is 0 Å². The summed E-state index contributed by atoms with van der Waals surface area (Å²) in [6, 6.07) is 17.7. The summed E-state index contributed by atoms with van der Waals surface area (Å²) >= 11 is 0. The van der Waals surface area contributed by atoms with Gasteiger partial charge in [0.25, 0.3) is 5.91 Å². The van der Waals surface area contributed by atoms with Gasteiger partial charge in [0.15, 0.2) is 0 Å². The van der Waals surface area contributed by atoms with Gasteiger partial charge in [0, 0.05) is 11.1 Å². The fourth-order valence-electron chi connectivity index (χ4n) is 2.18. The van der Waals surface area contributed by atoms with Crippen LogP contribution in [0, 0.1) is 17.1 Å². The largest absolute Gasteiger partial charge is 0.455 e. The van der Waals surface area contributed by atoms with Crippen LogP contribution in [0.15, 0.2) is 70.2 Å². The molecule has 0 spiro atoms. The predicted molar refractivity (Wildman–Crippen MR) is 90.3 cm³/mol. The number of carbonyl (C=O) groups excluding carboxylic acids is 1. The van der Waals surface area contributed by atoms with Crippen LogP contribution < -0.4 is 5.43 Å². The van der Waals surface area contributed by atoms with Gasteiger partial charge in [0.1, 0.15) is 17.3 Å². The molecule has 1 amide bonds. The Bertz CT molecular complexity index is 969. The lowest BCUT2D eigenvalue weighted by Crippen LogP contribution is -2.17. The number of hydrogen-bond donors (Lipinski definition) is 1. The first kappa shape index (κ1) is 16.1. The number of nitriles is 1. The number of hydrogen-bond acceptors (Lipinski definition) is 4. The Morgan fingerprint density at radius 1 is 1.12 bits per heavy atom. The van der Waals surface area contributed by atoms with Gasteiger partial charge in [-0.3, -0.25) is 4.79 Å². The van der Waals surface area contributed by atoms with Crippen LogP contribution in [-0.2, 0) is 0 Å². The van der Waals surface area contributed by atoms with Crippen LogP contribution in [-0.4, -0.2) is 12.1 Å². The minimum absolute atomic E-state index is 0.293. The van der Waals surface area contributed by atoms with Gasteiger partial charge in [-0.2, -0.15) is 10.4 Å². The first-order chi connectivity index (χ1) is 12.2. The molecule has 0 atom stereocenters. The molecule has 0 radical (unpaired) electrons. The monoisotopic (exact) mass is 333 g/mol. The van der Waals surface area contributed by atoms with Crippen LogP contribution in [0.4, 0.5) is 4.39 Å². The third-order valence-corrected chi connectivity index (χ3v) is 3.40. The number of rotatable bonds is 4. The Morgan fingerprint density at radius 3 is 2.64 bits per heavy atom. The van der Waals surface area contributed by atoms with E-state index in [2.05, 4.69) is 16.6 Å². The van der Waals surface area contributed by atoms with Gasteiger partial charge in [-0.25, -0.2) is 9.82 Å². The summed E-state index contributed by atoms with van der Waals surface area (Å²) in [7, 11) is 0. The number of nitrogens with zero attached hydrogens (tertiary/aromatic N) is 2. The van der Waals surface area contributed by atoms with Gasteiger partial charge in [-0.05, 0) is 48.5 Å². The fraction of sp³-hybridized carbons (Fsp3) is 0. The molecular formula is C19H12FN3O2. The quantitative estimate of drug-likeness (QED) is 0.584. The van der Waals surface area contributed by atoms with Crippen molar-refractivity contribution in [2.45, 2.75) is 0 Å². The zero-order valence-corrected chi connectivity index (χ0v) is 12.9. The van der Waals surface area contributed by atoms with E-state index in [0.29, 0.717) is 28.2 Å². The molecule has 0 aliphatic heterocycles. The Hall–Kier alpha value is -3.72. The normalized spacial score (nSPS) is 10.6. The molecule has 25 heavy (non-hydrogen) atoms. The highest BCUT2D eigenvalue weighted by Gasteiger charge is 2.08. The summed E-state index contributed by atoms with van der Waals surface area (Å²) in [4.78, 5) is 11.8. The molecule has 0 bridgehead atoms. The van der Waals surface area contributed by atoms with E-state index in [9.17, 15) is 9.18 Å². The van der Waals surface area contributed by atoms with Crippen molar-refractivity contribution in [3.8, 4) is 17.4 Å². The lowest BCUT2D eigenvalue weighted by molar-refractivity contribution is 0.0955. The second-order valence-electron chi connectivity index (χ2n) is 5.07. The van der Waals surface area contributed by atoms with Gasteiger partial charge in [-0.1, -0.05) is 12.1 Å². The Morgan fingerprint density at radius 2 is 1.88 bits per heavy atom. The molecule has 3 rings (SSSR count). The van der Waals surface area contributed by atoms with Crippen molar-refractivity contribution in [3.05, 3.63) is 83.4 Å². The Balaban J connectivity index is 1.69. The van der Waals surface area contributed by atoms with Crippen molar-refractivity contribution < 1.29 is 13.6 Å². The smallest absolute Gasteiger partial charge is 0.271 e. The Kier molecular flexibility index (Phi) is 4.67. The first-order valence-electron chi connectivity index (χ1n) is 7.35. The molecular weight excluding hydrogens is 321 g/mol. The minimum atomic E-state index is -0.460. The van der Waals surface area contributed by atoms with E-state index in [1.54, 1.807) is 30.3 Å². The van der Waals surface area contributed by atoms with E-state index in [0.717, 1.165) is 0 Å². The maximum Gasteiger partial charge on any atom is 0.271 e. The molecule has 6 heteroatoms. The maximum atomic E-state index is 12.8. The van der Waals surface area contributed by atoms with Gasteiger partial charge >= 0.3 is 0 Å². The second kappa shape index (κ2) is 7.23. The minimum Gasteiger partial charge on any atom is -0.455 e. The summed E-state index contributed by atoms with van der Waals surface area (Å²) in [6.45, 7) is 0. The zero-order chi connectivity index (χ0) is 17.6. The maximum absolute atomic E-state index is 12.8. The summed E-state index contributed by atoms with van der Waals surface area (Å²) in [5.41, 5.74) is 3.81. The molecule has 0 saturated heterocycles. The predicted octanol–water partition coefficient (Wildman–Crippen LogP) is 3.72. The number of furan rings is 1. The van der Waals surface area contributed by atoms with Crippen LogP contribution in [0.25, 0.3) is 11.3 Å². The van der Waals surface area contributed by atoms with Crippen LogP contribution in [0.1, 0.15) is 21.7 Å². The third kappa shape index (κ3) is 3.79. The molecule has 0 fully saturated rings. The fourth-order valence-corrected chi connectivity index (χ4v) is 2.18. The average Bonchev–Trinajstić information content (AvgIpc) is 3.11. The topological polar surface area (TPSA) is 78.4 Å². The van der Waals surface area contributed by atoms with Crippen molar-refractivity contribution in [1.29, 1.82) is 5.26 Å². The van der Waals surface area contributed by atoms with Crippen molar-refractivity contribution in [1.82, 2.24) is 5.43 Å². The Labute approximate surface area is 143 Å². The molecule has 1 heterocycles. The molecule has 1 N–H and O–H groups in total. The highest BCUT2D eigenvalue weighted by molar-refractivity contribution is 5.94. The van der Waals surface area contributed by atoms with Gasteiger partial charge < -0.3 is 4.42 Å². The standard InChI is InChI=1S/C19H12FN3O2/c20-15-7-5-13(6-8-15)19(24)23-22-12-16-9-10-18(25-16)17-4-2-1-3-14(17)11-21/h1-10,12H,(H,23,24)/b22-12-. The van der Waals surface area contributed by atoms with Crippen LogP contribution >= 0.6 is 0 Å². The van der Waals surface area contributed by atoms with Crippen molar-refractivity contribution in [3.63, 3.8) is 0 Å². The number of amides is 1. The highest BCUT2D eigenvalue weighted by atomic mass is 19.1. The summed E-state index contributed by atoms with van der Waals surface area (Å²) in [6.07, 6.45) is 1.35. The van der Waals surface area contributed by atoms with Gasteiger partial charge in [0.05, 0.1) is 17.8 Å². The SMILES string of the molecule is N#Cc1ccccc1-c1ccc(/C=N\NC(=O)c2ccc(F)cc2)o1. The molecule has 2 aromatic carbocycles. The van der Waals surface area contributed by atoms with Crippen molar-refractivity contribution in [2.24, 2.45) is 5.10 Å². The molecule has 5 nitrogen and oxygen atoms in total. The molecule has 3 aromatic rings. The van der Waals surface area contributed by atoms with E-state index in [4.69, 9.17) is 9.68 Å². The van der Waals surface area contributed by atoms with E-state index < -0.39 is 11.7 Å². The van der Waals surface area contributed by atoms with E-state index >= 15 is 0 Å². The summed E-state index contributed by atoms with van der Waals surface area (Å²) in [5.74, 6) is 0.0734. The number of carbonyl (C=O) groups is 1. The van der Waals surface area contributed by atoms with E-state index in [1.165, 1.54) is 30.5 Å². The van der Waals surface area contributed by atoms with Crippen LogP contribution in [0.5, 0.6) is 0 Å². The van der Waals surface area contributed by atoms with Crippen LogP contribution in [0.2, 0.25) is 0 Å². The highest BCUT2D eigenvalue weighted by Crippen LogP contribution is 2.24. The molecule has 122 valence electrons. The molecule has 0 aliphatic rings. The molecule has 0 saturated carbocycles.